The molecule has 1 N–H and O–H groups in total. The van der Waals surface area contributed by atoms with Crippen molar-refractivity contribution in [2.45, 2.75) is 59.3 Å². The molecule has 110 valence electrons. The highest BCUT2D eigenvalue weighted by Gasteiger charge is 2.26. The minimum absolute atomic E-state index is 0.460. The summed E-state index contributed by atoms with van der Waals surface area (Å²) in [5, 5.41) is 7.84. The molecule has 19 heavy (non-hydrogen) atoms. The van der Waals surface area contributed by atoms with E-state index in [1.807, 2.05) is 17.9 Å². The molecule has 0 bridgehead atoms. The lowest BCUT2D eigenvalue weighted by molar-refractivity contribution is 0.213. The second kappa shape index (κ2) is 8.36. The predicted octanol–water partition coefficient (Wildman–Crippen LogP) is 3.55. The van der Waals surface area contributed by atoms with E-state index in [4.69, 9.17) is 0 Å². The Hall–Kier alpha value is -0.830. The number of aromatic nitrogens is 2. The van der Waals surface area contributed by atoms with Crippen LogP contribution in [0.3, 0.4) is 0 Å². The molecule has 1 atom stereocenters. The van der Waals surface area contributed by atoms with Crippen LogP contribution in [-0.2, 0) is 13.5 Å². The number of nitrogens with one attached hydrogen (secondary N) is 1. The first-order valence-electron chi connectivity index (χ1n) is 7.84. The summed E-state index contributed by atoms with van der Waals surface area (Å²) in [6, 6.07) is 0. The molecule has 1 rings (SSSR count). The molecule has 0 fully saturated rings. The van der Waals surface area contributed by atoms with Gasteiger partial charge in [-0.2, -0.15) is 5.10 Å². The van der Waals surface area contributed by atoms with Gasteiger partial charge in [0.15, 0.2) is 0 Å². The lowest BCUT2D eigenvalue weighted by Crippen LogP contribution is -2.34. The van der Waals surface area contributed by atoms with Crippen LogP contribution in [0.25, 0.3) is 0 Å². The quantitative estimate of drug-likeness (QED) is 0.701. The Labute approximate surface area is 118 Å². The van der Waals surface area contributed by atoms with E-state index in [-0.39, 0.29) is 0 Å². The van der Waals surface area contributed by atoms with Crippen LogP contribution in [0.2, 0.25) is 0 Å². The fourth-order valence-corrected chi connectivity index (χ4v) is 2.73. The molecule has 3 heteroatoms. The van der Waals surface area contributed by atoms with E-state index in [1.54, 1.807) is 0 Å². The van der Waals surface area contributed by atoms with Gasteiger partial charge < -0.3 is 5.32 Å². The van der Waals surface area contributed by atoms with Crippen molar-refractivity contribution in [2.75, 3.05) is 13.1 Å². The van der Waals surface area contributed by atoms with Crippen molar-refractivity contribution in [1.29, 1.82) is 0 Å². The van der Waals surface area contributed by atoms with Crippen LogP contribution in [0.4, 0.5) is 0 Å². The summed E-state index contributed by atoms with van der Waals surface area (Å²) >= 11 is 0. The van der Waals surface area contributed by atoms with E-state index in [1.165, 1.54) is 37.7 Å². The van der Waals surface area contributed by atoms with E-state index in [2.05, 4.69) is 37.4 Å². The van der Waals surface area contributed by atoms with E-state index < -0.39 is 0 Å². The highest BCUT2D eigenvalue weighted by atomic mass is 15.2. The van der Waals surface area contributed by atoms with Gasteiger partial charge in [0.2, 0.25) is 0 Å². The van der Waals surface area contributed by atoms with Crippen LogP contribution in [0, 0.1) is 5.41 Å². The maximum Gasteiger partial charge on any atom is 0.0521 e. The predicted molar refractivity (Wildman–Crippen MR) is 82.3 cm³/mol. The first-order chi connectivity index (χ1) is 9.15. The summed E-state index contributed by atoms with van der Waals surface area (Å²) in [5.41, 5.74) is 1.83. The average Bonchev–Trinajstić information content (AvgIpc) is 2.84. The van der Waals surface area contributed by atoms with E-state index >= 15 is 0 Å². The minimum atomic E-state index is 0.460. The molecule has 0 spiro atoms. The normalized spacial score (nSPS) is 14.5. The Kier molecular flexibility index (Phi) is 7.14. The number of rotatable bonds is 10. The monoisotopic (exact) mass is 265 g/mol. The summed E-state index contributed by atoms with van der Waals surface area (Å²) in [6.45, 7) is 9.05. The third-order valence-corrected chi connectivity index (χ3v) is 4.26. The van der Waals surface area contributed by atoms with E-state index in [0.29, 0.717) is 5.41 Å². The van der Waals surface area contributed by atoms with Gasteiger partial charge in [0, 0.05) is 19.8 Å². The van der Waals surface area contributed by atoms with Crippen molar-refractivity contribution < 1.29 is 0 Å². The van der Waals surface area contributed by atoms with Crippen molar-refractivity contribution in [1.82, 2.24) is 15.1 Å². The third kappa shape index (κ3) is 5.35. The molecule has 0 aliphatic rings. The van der Waals surface area contributed by atoms with Crippen LogP contribution >= 0.6 is 0 Å². The highest BCUT2D eigenvalue weighted by molar-refractivity contribution is 5.04. The van der Waals surface area contributed by atoms with Gasteiger partial charge in [0.1, 0.15) is 0 Å². The van der Waals surface area contributed by atoms with Gasteiger partial charge in [-0.05, 0) is 43.2 Å². The Balaban J connectivity index is 2.60. The Morgan fingerprint density at radius 3 is 2.58 bits per heavy atom. The van der Waals surface area contributed by atoms with E-state index in [0.717, 1.165) is 19.5 Å². The highest BCUT2D eigenvalue weighted by Crippen LogP contribution is 2.33. The average molecular weight is 265 g/mol. The van der Waals surface area contributed by atoms with Gasteiger partial charge >= 0.3 is 0 Å². The fourth-order valence-electron chi connectivity index (χ4n) is 2.73. The first kappa shape index (κ1) is 16.2. The van der Waals surface area contributed by atoms with Gasteiger partial charge in [-0.1, -0.05) is 33.6 Å². The Bertz CT molecular complexity index is 336. The number of hydrogen-bond donors (Lipinski definition) is 1. The molecule has 0 aromatic carbocycles. The number of unbranched alkanes of at least 4 members (excludes halogenated alkanes) is 1. The molecule has 1 unspecified atom stereocenters. The van der Waals surface area contributed by atoms with Crippen molar-refractivity contribution in [3.05, 3.63) is 18.0 Å². The molecule has 1 aromatic heterocycles. The summed E-state index contributed by atoms with van der Waals surface area (Å²) in [6.07, 6.45) is 11.8. The van der Waals surface area contributed by atoms with Crippen molar-refractivity contribution in [3.63, 3.8) is 0 Å². The smallest absolute Gasteiger partial charge is 0.0521 e. The number of hydrogen-bond acceptors (Lipinski definition) is 2. The third-order valence-electron chi connectivity index (χ3n) is 4.26. The van der Waals surface area contributed by atoms with Crippen LogP contribution in [0.5, 0.6) is 0 Å². The molecule has 1 heterocycles. The van der Waals surface area contributed by atoms with Gasteiger partial charge in [-0.15, -0.1) is 0 Å². The zero-order valence-electron chi connectivity index (χ0n) is 13.2. The van der Waals surface area contributed by atoms with Gasteiger partial charge in [0.25, 0.3) is 0 Å². The number of aryl methyl sites for hydroxylation is 2. The molecule has 3 nitrogen and oxygen atoms in total. The molecular weight excluding hydrogens is 234 g/mol. The second-order valence-electron chi connectivity index (χ2n) is 5.76. The standard InChI is InChI=1S/C16H31N3/c1-5-8-10-16(6-2,14-17-7-3)11-9-15-12-18-19(4)13-15/h12-13,17H,5-11,14H2,1-4H3. The van der Waals surface area contributed by atoms with Crippen molar-refractivity contribution in [3.8, 4) is 0 Å². The Morgan fingerprint density at radius 2 is 2.05 bits per heavy atom. The lowest BCUT2D eigenvalue weighted by atomic mass is 9.75. The van der Waals surface area contributed by atoms with Crippen molar-refractivity contribution in [2.24, 2.45) is 12.5 Å². The SMILES string of the molecule is CCCCC(CC)(CCc1cnn(C)c1)CNCC. The topological polar surface area (TPSA) is 29.9 Å². The summed E-state index contributed by atoms with van der Waals surface area (Å²) in [4.78, 5) is 0. The second-order valence-corrected chi connectivity index (χ2v) is 5.76. The van der Waals surface area contributed by atoms with Crippen LogP contribution in [0.15, 0.2) is 12.4 Å². The van der Waals surface area contributed by atoms with Gasteiger partial charge in [0.05, 0.1) is 6.20 Å². The molecule has 0 saturated heterocycles. The molecular formula is C16H31N3. The molecule has 0 saturated carbocycles. The van der Waals surface area contributed by atoms with Crippen molar-refractivity contribution >= 4 is 0 Å². The van der Waals surface area contributed by atoms with Gasteiger partial charge in [-0.25, -0.2) is 0 Å². The molecule has 0 radical (unpaired) electrons. The zero-order chi connectivity index (χ0) is 14.1. The summed E-state index contributed by atoms with van der Waals surface area (Å²) < 4.78 is 1.90. The minimum Gasteiger partial charge on any atom is -0.316 e. The summed E-state index contributed by atoms with van der Waals surface area (Å²) in [7, 11) is 1.99. The van der Waals surface area contributed by atoms with Crippen LogP contribution in [-0.4, -0.2) is 22.9 Å². The number of nitrogens with zero attached hydrogens (tertiary/aromatic N) is 2. The van der Waals surface area contributed by atoms with Crippen LogP contribution in [0.1, 0.15) is 58.4 Å². The zero-order valence-corrected chi connectivity index (χ0v) is 13.2. The van der Waals surface area contributed by atoms with Gasteiger partial charge in [-0.3, -0.25) is 4.68 Å². The molecule has 1 aromatic rings. The lowest BCUT2D eigenvalue weighted by Gasteiger charge is -2.33. The van der Waals surface area contributed by atoms with E-state index in [9.17, 15) is 0 Å². The van der Waals surface area contributed by atoms with Crippen LogP contribution < -0.4 is 5.32 Å². The maximum atomic E-state index is 4.27. The summed E-state index contributed by atoms with van der Waals surface area (Å²) in [5.74, 6) is 0. The molecule has 0 amide bonds. The Morgan fingerprint density at radius 1 is 1.26 bits per heavy atom. The first-order valence-corrected chi connectivity index (χ1v) is 7.84. The largest absolute Gasteiger partial charge is 0.316 e. The maximum absolute atomic E-state index is 4.27. The molecule has 0 aliphatic heterocycles. The fraction of sp³-hybridized carbons (Fsp3) is 0.812. The molecule has 0 aliphatic carbocycles.